The summed E-state index contributed by atoms with van der Waals surface area (Å²) in [7, 11) is -3.39. The van der Waals surface area contributed by atoms with Crippen molar-refractivity contribution in [1.29, 1.82) is 0 Å². The third kappa shape index (κ3) is 4.92. The third-order valence-corrected chi connectivity index (χ3v) is 7.59. The van der Waals surface area contributed by atoms with E-state index in [2.05, 4.69) is 37.6 Å². The molecule has 7 heteroatoms. The maximum absolute atomic E-state index is 12.4. The summed E-state index contributed by atoms with van der Waals surface area (Å²) in [6, 6.07) is 12.5. The van der Waals surface area contributed by atoms with Crippen LogP contribution in [0.2, 0.25) is 0 Å². The standard InChI is InChI=1S/C22H24N2O3S2/c1-4-12-24-19-14-16(2)17(3)15-20(19)28-22(24)23-21(25)11-8-13-29(26,27)18-9-6-5-7-10-18/h4-7,9-10,14-15H,1,8,11-13H2,2-3H3. The van der Waals surface area contributed by atoms with Gasteiger partial charge in [0.1, 0.15) is 0 Å². The molecule has 0 aliphatic heterocycles. The maximum atomic E-state index is 12.4. The van der Waals surface area contributed by atoms with Crippen molar-refractivity contribution in [3.63, 3.8) is 0 Å². The highest BCUT2D eigenvalue weighted by molar-refractivity contribution is 7.91. The number of amides is 1. The maximum Gasteiger partial charge on any atom is 0.248 e. The summed E-state index contributed by atoms with van der Waals surface area (Å²) >= 11 is 1.46. The first-order chi connectivity index (χ1) is 13.8. The van der Waals surface area contributed by atoms with Crippen molar-refractivity contribution in [2.45, 2.75) is 38.1 Å². The molecule has 0 atom stereocenters. The molecule has 1 aromatic heterocycles. The number of hydrogen-bond acceptors (Lipinski definition) is 4. The quantitative estimate of drug-likeness (QED) is 0.530. The number of thiazole rings is 1. The number of hydrogen-bond donors (Lipinski definition) is 0. The number of nitrogens with zero attached hydrogens (tertiary/aromatic N) is 2. The van der Waals surface area contributed by atoms with Crippen LogP contribution >= 0.6 is 11.3 Å². The lowest BCUT2D eigenvalue weighted by atomic mass is 10.1. The van der Waals surface area contributed by atoms with Gasteiger partial charge in [-0.3, -0.25) is 4.79 Å². The lowest BCUT2D eigenvalue weighted by molar-refractivity contribution is -0.118. The lowest BCUT2D eigenvalue weighted by Crippen LogP contribution is -2.16. The second-order valence-electron chi connectivity index (χ2n) is 6.93. The number of carbonyl (C=O) groups excluding carboxylic acids is 1. The lowest BCUT2D eigenvalue weighted by Gasteiger charge is -2.04. The van der Waals surface area contributed by atoms with Crippen LogP contribution in [0.3, 0.4) is 0 Å². The van der Waals surface area contributed by atoms with Crippen molar-refractivity contribution in [2.24, 2.45) is 4.99 Å². The van der Waals surface area contributed by atoms with E-state index in [1.807, 2.05) is 4.57 Å². The van der Waals surface area contributed by atoms with Crippen LogP contribution in [0.15, 0.2) is 65.0 Å². The Morgan fingerprint density at radius 2 is 1.86 bits per heavy atom. The Morgan fingerprint density at radius 3 is 2.55 bits per heavy atom. The molecule has 1 heterocycles. The summed E-state index contributed by atoms with van der Waals surface area (Å²) in [5.74, 6) is -0.387. The molecule has 0 saturated carbocycles. The van der Waals surface area contributed by atoms with Gasteiger partial charge >= 0.3 is 0 Å². The molecule has 0 spiro atoms. The highest BCUT2D eigenvalue weighted by Gasteiger charge is 2.15. The van der Waals surface area contributed by atoms with Gasteiger partial charge < -0.3 is 4.57 Å². The average molecular weight is 429 g/mol. The van der Waals surface area contributed by atoms with Gasteiger partial charge in [0.2, 0.25) is 5.91 Å². The summed E-state index contributed by atoms with van der Waals surface area (Å²) in [6.45, 7) is 8.46. The molecule has 0 radical (unpaired) electrons. The summed E-state index contributed by atoms with van der Waals surface area (Å²) < 4.78 is 27.7. The fraction of sp³-hybridized carbons (Fsp3) is 0.273. The minimum Gasteiger partial charge on any atom is -0.312 e. The molecular formula is C22H24N2O3S2. The fourth-order valence-electron chi connectivity index (χ4n) is 3.03. The van der Waals surface area contributed by atoms with Crippen molar-refractivity contribution >= 4 is 37.3 Å². The molecule has 2 aromatic carbocycles. The van der Waals surface area contributed by atoms with Gasteiger partial charge in [0.05, 0.1) is 20.9 Å². The SMILES string of the molecule is C=CCn1c(=NC(=O)CCCS(=O)(=O)c2ccccc2)sc2cc(C)c(C)cc21. The van der Waals surface area contributed by atoms with Crippen LogP contribution in [0, 0.1) is 13.8 Å². The van der Waals surface area contributed by atoms with Crippen LogP contribution in [0.4, 0.5) is 0 Å². The summed E-state index contributed by atoms with van der Waals surface area (Å²) in [5, 5.41) is 0. The summed E-state index contributed by atoms with van der Waals surface area (Å²) in [4.78, 5) is 17.6. The first-order valence-electron chi connectivity index (χ1n) is 9.38. The van der Waals surface area contributed by atoms with Gasteiger partial charge in [-0.05, 0) is 55.7 Å². The Kier molecular flexibility index (Phi) is 6.49. The van der Waals surface area contributed by atoms with Crippen LogP contribution in [0.25, 0.3) is 10.2 Å². The second-order valence-corrected chi connectivity index (χ2v) is 10.0. The zero-order valence-electron chi connectivity index (χ0n) is 16.6. The van der Waals surface area contributed by atoms with Gasteiger partial charge in [-0.15, -0.1) is 6.58 Å². The number of benzene rings is 2. The smallest absolute Gasteiger partial charge is 0.248 e. The predicted octanol–water partition coefficient (Wildman–Crippen LogP) is 4.19. The van der Waals surface area contributed by atoms with E-state index in [1.54, 1.807) is 36.4 Å². The number of sulfone groups is 1. The topological polar surface area (TPSA) is 68.5 Å². The van der Waals surface area contributed by atoms with Crippen LogP contribution in [0.1, 0.15) is 24.0 Å². The summed E-state index contributed by atoms with van der Waals surface area (Å²) in [5.41, 5.74) is 3.39. The van der Waals surface area contributed by atoms with Crippen molar-refractivity contribution in [2.75, 3.05) is 5.75 Å². The molecule has 0 bridgehead atoms. The van der Waals surface area contributed by atoms with Crippen LogP contribution in [-0.2, 0) is 21.2 Å². The second kappa shape index (κ2) is 8.88. The Hall–Kier alpha value is -2.51. The van der Waals surface area contributed by atoms with E-state index in [1.165, 1.54) is 22.5 Å². The zero-order chi connectivity index (χ0) is 21.0. The number of rotatable bonds is 7. The van der Waals surface area contributed by atoms with Crippen LogP contribution < -0.4 is 4.80 Å². The normalized spacial score (nSPS) is 12.4. The number of aryl methyl sites for hydroxylation is 2. The van der Waals surface area contributed by atoms with E-state index in [9.17, 15) is 13.2 Å². The third-order valence-electron chi connectivity index (χ3n) is 4.74. The molecule has 152 valence electrons. The zero-order valence-corrected chi connectivity index (χ0v) is 18.2. The largest absolute Gasteiger partial charge is 0.312 e. The number of fused-ring (bicyclic) bond motifs is 1. The molecule has 0 saturated heterocycles. The average Bonchev–Trinajstić information content (AvgIpc) is 2.99. The summed E-state index contributed by atoms with van der Waals surface area (Å²) in [6.07, 6.45) is 2.11. The molecule has 3 aromatic rings. The van der Waals surface area contributed by atoms with Crippen molar-refractivity contribution < 1.29 is 13.2 Å². The van der Waals surface area contributed by atoms with Gasteiger partial charge in [-0.25, -0.2) is 8.42 Å². The Labute approximate surface area is 175 Å². The van der Waals surface area contributed by atoms with Gasteiger partial charge in [0, 0.05) is 13.0 Å². The van der Waals surface area contributed by atoms with E-state index in [4.69, 9.17) is 0 Å². The molecule has 1 amide bonds. The van der Waals surface area contributed by atoms with Crippen molar-refractivity contribution in [3.8, 4) is 0 Å². The van der Waals surface area contributed by atoms with Crippen LogP contribution in [0.5, 0.6) is 0 Å². The van der Waals surface area contributed by atoms with Crippen molar-refractivity contribution in [1.82, 2.24) is 4.57 Å². The minimum atomic E-state index is -3.39. The molecular weight excluding hydrogens is 404 g/mol. The number of aromatic nitrogens is 1. The van der Waals surface area contributed by atoms with Crippen molar-refractivity contribution in [3.05, 3.63) is 71.0 Å². The molecule has 0 N–H and O–H groups in total. The Morgan fingerprint density at radius 1 is 1.17 bits per heavy atom. The Bertz CT molecular complexity index is 1220. The molecule has 0 aliphatic carbocycles. The molecule has 0 unspecified atom stereocenters. The van der Waals surface area contributed by atoms with Gasteiger partial charge in [-0.2, -0.15) is 4.99 Å². The first-order valence-corrected chi connectivity index (χ1v) is 11.9. The van der Waals surface area contributed by atoms with E-state index in [0.717, 1.165) is 10.2 Å². The number of carbonyl (C=O) groups is 1. The molecule has 5 nitrogen and oxygen atoms in total. The fourth-order valence-corrected chi connectivity index (χ4v) is 5.50. The highest BCUT2D eigenvalue weighted by atomic mass is 32.2. The van der Waals surface area contributed by atoms with E-state index in [0.29, 0.717) is 11.3 Å². The highest BCUT2D eigenvalue weighted by Crippen LogP contribution is 2.22. The van der Waals surface area contributed by atoms with Gasteiger partial charge in [-0.1, -0.05) is 35.6 Å². The minimum absolute atomic E-state index is 0.0737. The van der Waals surface area contributed by atoms with Gasteiger partial charge in [0.15, 0.2) is 14.6 Å². The molecule has 3 rings (SSSR count). The molecule has 0 aliphatic rings. The van der Waals surface area contributed by atoms with Crippen LogP contribution in [-0.4, -0.2) is 24.6 Å². The molecule has 0 fully saturated rings. The predicted molar refractivity (Wildman–Crippen MR) is 118 cm³/mol. The monoisotopic (exact) mass is 428 g/mol. The van der Waals surface area contributed by atoms with E-state index < -0.39 is 9.84 Å². The number of allylic oxidation sites excluding steroid dienone is 1. The first kappa shape index (κ1) is 21.2. The Balaban J connectivity index is 1.79. The van der Waals surface area contributed by atoms with Gasteiger partial charge in [0.25, 0.3) is 0 Å². The van der Waals surface area contributed by atoms with E-state index >= 15 is 0 Å². The van der Waals surface area contributed by atoms with E-state index in [-0.39, 0.29) is 29.4 Å². The molecule has 29 heavy (non-hydrogen) atoms.